The molecule has 6 heteroatoms. The monoisotopic (exact) mass is 398 g/mol. The summed E-state index contributed by atoms with van der Waals surface area (Å²) >= 11 is 0. The van der Waals surface area contributed by atoms with Gasteiger partial charge >= 0.3 is 0 Å². The fraction of sp³-hybridized carbons (Fsp3) is 0.125. The highest BCUT2D eigenvalue weighted by Crippen LogP contribution is 2.23. The molecule has 3 aromatic carbocycles. The van der Waals surface area contributed by atoms with Crippen LogP contribution in [-0.4, -0.2) is 27.3 Å². The molecule has 0 aliphatic rings. The Labute approximate surface area is 175 Å². The number of para-hydroxylation sites is 1. The van der Waals surface area contributed by atoms with Crippen molar-refractivity contribution in [3.8, 4) is 22.8 Å². The van der Waals surface area contributed by atoms with Gasteiger partial charge < -0.3 is 10.1 Å². The number of benzene rings is 3. The van der Waals surface area contributed by atoms with Crippen molar-refractivity contribution in [3.63, 3.8) is 0 Å². The first kappa shape index (κ1) is 19.4. The van der Waals surface area contributed by atoms with Gasteiger partial charge in [0.25, 0.3) is 5.91 Å². The maximum atomic E-state index is 12.9. The first-order valence-electron chi connectivity index (χ1n) is 9.78. The zero-order valence-corrected chi connectivity index (χ0v) is 16.9. The summed E-state index contributed by atoms with van der Waals surface area (Å²) in [5, 5.41) is 7.41. The summed E-state index contributed by atoms with van der Waals surface area (Å²) in [7, 11) is 0. The number of carbonyl (C=O) groups is 1. The predicted molar refractivity (Wildman–Crippen MR) is 117 cm³/mol. The smallest absolute Gasteiger partial charge is 0.295 e. The lowest BCUT2D eigenvalue weighted by atomic mass is 10.2. The van der Waals surface area contributed by atoms with E-state index in [1.54, 1.807) is 4.68 Å². The van der Waals surface area contributed by atoms with Crippen molar-refractivity contribution < 1.29 is 9.53 Å². The Morgan fingerprint density at radius 1 is 0.967 bits per heavy atom. The summed E-state index contributed by atoms with van der Waals surface area (Å²) in [5.74, 6) is 1.12. The van der Waals surface area contributed by atoms with E-state index < -0.39 is 0 Å². The third kappa shape index (κ3) is 4.07. The lowest BCUT2D eigenvalue weighted by Gasteiger charge is -2.07. The minimum absolute atomic E-state index is 0.103. The van der Waals surface area contributed by atoms with Crippen molar-refractivity contribution in [1.29, 1.82) is 0 Å². The van der Waals surface area contributed by atoms with Gasteiger partial charge in [-0.1, -0.05) is 48.5 Å². The highest BCUT2D eigenvalue weighted by Gasteiger charge is 2.19. The van der Waals surface area contributed by atoms with Gasteiger partial charge in [0, 0.05) is 11.3 Å². The Morgan fingerprint density at radius 2 is 1.67 bits per heavy atom. The molecule has 1 aromatic heterocycles. The van der Waals surface area contributed by atoms with Crippen molar-refractivity contribution in [2.24, 2.45) is 0 Å². The number of hydrogen-bond acceptors (Lipinski definition) is 4. The Hall–Kier alpha value is -3.93. The number of ether oxygens (including phenoxy) is 1. The topological polar surface area (TPSA) is 69.0 Å². The van der Waals surface area contributed by atoms with Gasteiger partial charge in [0.1, 0.15) is 5.75 Å². The van der Waals surface area contributed by atoms with Crippen LogP contribution < -0.4 is 10.1 Å². The molecule has 0 saturated carbocycles. The van der Waals surface area contributed by atoms with Crippen LogP contribution in [0.4, 0.5) is 5.69 Å². The van der Waals surface area contributed by atoms with E-state index in [4.69, 9.17) is 4.74 Å². The van der Waals surface area contributed by atoms with Crippen LogP contribution in [0, 0.1) is 6.92 Å². The van der Waals surface area contributed by atoms with Gasteiger partial charge in [0.2, 0.25) is 5.82 Å². The van der Waals surface area contributed by atoms with Gasteiger partial charge in [-0.25, -0.2) is 9.67 Å². The molecule has 1 heterocycles. The van der Waals surface area contributed by atoms with E-state index in [-0.39, 0.29) is 11.7 Å². The van der Waals surface area contributed by atoms with Crippen LogP contribution in [-0.2, 0) is 0 Å². The standard InChI is InChI=1S/C24H22N4O2/c1-3-30-20-15-13-19(14-16-20)28-23(18-10-5-4-6-11-18)26-22(27-28)24(29)25-21-12-8-7-9-17(21)2/h4-16H,3H2,1-2H3,(H,25,29). The summed E-state index contributed by atoms with van der Waals surface area (Å²) < 4.78 is 7.20. The third-order valence-corrected chi connectivity index (χ3v) is 4.63. The number of hydrogen-bond donors (Lipinski definition) is 1. The Morgan fingerprint density at radius 3 is 2.37 bits per heavy atom. The zero-order chi connectivity index (χ0) is 20.9. The SMILES string of the molecule is CCOc1ccc(-n2nc(C(=O)Nc3ccccc3C)nc2-c2ccccc2)cc1. The second-order valence-corrected chi connectivity index (χ2v) is 6.73. The molecule has 0 atom stereocenters. The molecule has 0 spiro atoms. The number of carbonyl (C=O) groups excluding carboxylic acids is 1. The van der Waals surface area contributed by atoms with Crippen molar-refractivity contribution in [2.45, 2.75) is 13.8 Å². The van der Waals surface area contributed by atoms with Crippen molar-refractivity contribution in [1.82, 2.24) is 14.8 Å². The molecule has 0 bridgehead atoms. The molecule has 0 radical (unpaired) electrons. The van der Waals surface area contributed by atoms with Crippen LogP contribution in [0.15, 0.2) is 78.9 Å². The van der Waals surface area contributed by atoms with Crippen LogP contribution in [0.3, 0.4) is 0 Å². The second-order valence-electron chi connectivity index (χ2n) is 6.73. The molecule has 1 N–H and O–H groups in total. The molecule has 30 heavy (non-hydrogen) atoms. The number of rotatable bonds is 6. The van der Waals surface area contributed by atoms with E-state index in [0.29, 0.717) is 12.4 Å². The summed E-state index contributed by atoms with van der Waals surface area (Å²) in [4.78, 5) is 17.4. The maximum absolute atomic E-state index is 12.9. The average Bonchev–Trinajstić information content (AvgIpc) is 3.22. The summed E-state index contributed by atoms with van der Waals surface area (Å²) in [6, 6.07) is 24.8. The average molecular weight is 398 g/mol. The van der Waals surface area contributed by atoms with Crippen molar-refractivity contribution in [2.75, 3.05) is 11.9 Å². The molecule has 4 aromatic rings. The normalized spacial score (nSPS) is 10.6. The molecular formula is C24H22N4O2. The fourth-order valence-corrected chi connectivity index (χ4v) is 3.10. The van der Waals surface area contributed by atoms with Gasteiger partial charge in [0.05, 0.1) is 12.3 Å². The lowest BCUT2D eigenvalue weighted by Crippen LogP contribution is -2.15. The molecule has 6 nitrogen and oxygen atoms in total. The number of anilines is 1. The van der Waals surface area contributed by atoms with Gasteiger partial charge in [-0.05, 0) is 49.7 Å². The van der Waals surface area contributed by atoms with E-state index in [1.807, 2.05) is 92.7 Å². The van der Waals surface area contributed by atoms with Crippen molar-refractivity contribution >= 4 is 11.6 Å². The third-order valence-electron chi connectivity index (χ3n) is 4.63. The number of aromatic nitrogens is 3. The Balaban J connectivity index is 1.72. The minimum Gasteiger partial charge on any atom is -0.494 e. The molecule has 0 saturated heterocycles. The highest BCUT2D eigenvalue weighted by molar-refractivity contribution is 6.02. The summed E-state index contributed by atoms with van der Waals surface area (Å²) in [5.41, 5.74) is 3.37. The van der Waals surface area contributed by atoms with Crippen LogP contribution in [0.25, 0.3) is 17.1 Å². The minimum atomic E-state index is -0.355. The zero-order valence-electron chi connectivity index (χ0n) is 16.9. The number of nitrogens with zero attached hydrogens (tertiary/aromatic N) is 3. The van der Waals surface area contributed by atoms with Crippen LogP contribution in [0.5, 0.6) is 5.75 Å². The first-order valence-corrected chi connectivity index (χ1v) is 9.78. The molecule has 1 amide bonds. The molecule has 150 valence electrons. The summed E-state index contributed by atoms with van der Waals surface area (Å²) in [6.07, 6.45) is 0. The van der Waals surface area contributed by atoms with Crippen molar-refractivity contribution in [3.05, 3.63) is 90.3 Å². The molecule has 0 aliphatic heterocycles. The predicted octanol–water partition coefficient (Wildman–Crippen LogP) is 4.89. The van der Waals surface area contributed by atoms with Gasteiger partial charge in [-0.2, -0.15) is 0 Å². The number of aryl methyl sites for hydroxylation is 1. The Kier molecular flexibility index (Phi) is 5.57. The fourth-order valence-electron chi connectivity index (χ4n) is 3.10. The maximum Gasteiger partial charge on any atom is 0.295 e. The summed E-state index contributed by atoms with van der Waals surface area (Å²) in [6.45, 7) is 4.48. The first-order chi connectivity index (χ1) is 14.7. The molecular weight excluding hydrogens is 376 g/mol. The van der Waals surface area contributed by atoms with Crippen LogP contribution in [0.2, 0.25) is 0 Å². The number of nitrogens with one attached hydrogen (secondary N) is 1. The molecule has 0 aliphatic carbocycles. The van der Waals surface area contributed by atoms with Gasteiger partial charge in [-0.15, -0.1) is 5.10 Å². The van der Waals surface area contributed by atoms with Gasteiger partial charge in [-0.3, -0.25) is 4.79 Å². The largest absolute Gasteiger partial charge is 0.494 e. The lowest BCUT2D eigenvalue weighted by molar-refractivity contribution is 0.101. The second kappa shape index (κ2) is 8.61. The van der Waals surface area contributed by atoms with E-state index in [2.05, 4.69) is 15.4 Å². The van der Waals surface area contributed by atoms with E-state index >= 15 is 0 Å². The highest BCUT2D eigenvalue weighted by atomic mass is 16.5. The molecule has 4 rings (SSSR count). The van der Waals surface area contributed by atoms with E-state index in [9.17, 15) is 4.79 Å². The number of amides is 1. The Bertz CT molecular complexity index is 1150. The quantitative estimate of drug-likeness (QED) is 0.502. The van der Waals surface area contributed by atoms with E-state index in [0.717, 1.165) is 28.3 Å². The molecule has 0 unspecified atom stereocenters. The van der Waals surface area contributed by atoms with Crippen LogP contribution >= 0.6 is 0 Å². The van der Waals surface area contributed by atoms with Crippen LogP contribution in [0.1, 0.15) is 23.1 Å². The van der Waals surface area contributed by atoms with E-state index in [1.165, 1.54) is 0 Å². The van der Waals surface area contributed by atoms with Gasteiger partial charge in [0.15, 0.2) is 5.82 Å². The molecule has 0 fully saturated rings.